The minimum absolute atomic E-state index is 0.937. The molecule has 0 N–H and O–H groups in total. The van der Waals surface area contributed by atoms with E-state index in [1.807, 2.05) is 26.8 Å². The van der Waals surface area contributed by atoms with Crippen molar-refractivity contribution in [1.82, 2.24) is 4.98 Å². The van der Waals surface area contributed by atoms with Gasteiger partial charge in [0.25, 0.3) is 0 Å². The fourth-order valence-electron chi connectivity index (χ4n) is 1.87. The Morgan fingerprint density at radius 3 is 2.06 bits per heavy atom. The van der Waals surface area contributed by atoms with Gasteiger partial charge < -0.3 is 0 Å². The second-order valence-corrected chi connectivity index (χ2v) is 3.36. The summed E-state index contributed by atoms with van der Waals surface area (Å²) >= 11 is 0. The van der Waals surface area contributed by atoms with Crippen LogP contribution >= 0.6 is 0 Å². The molecule has 0 bridgehead atoms. The van der Waals surface area contributed by atoms with Crippen molar-refractivity contribution in [2.24, 2.45) is 0 Å². The number of aryl methyl sites for hydroxylation is 1. The van der Waals surface area contributed by atoms with Crippen LogP contribution in [0.2, 0.25) is 0 Å². The second kappa shape index (κ2) is 7.00. The highest BCUT2D eigenvalue weighted by molar-refractivity contribution is 5.65. The van der Waals surface area contributed by atoms with E-state index >= 15 is 0 Å². The number of hydrogen-bond acceptors (Lipinski definition) is 1. The van der Waals surface area contributed by atoms with E-state index in [9.17, 15) is 0 Å². The quantitative estimate of drug-likeness (QED) is 0.722. The molecular weight excluding hydrogens is 194 g/mol. The molecule has 16 heavy (non-hydrogen) atoms. The lowest BCUT2D eigenvalue weighted by molar-refractivity contribution is 1.01. The zero-order chi connectivity index (χ0) is 12.7. The van der Waals surface area contributed by atoms with Crippen molar-refractivity contribution in [3.63, 3.8) is 0 Å². The van der Waals surface area contributed by atoms with E-state index in [1.165, 1.54) is 11.1 Å². The average Bonchev–Trinajstić information content (AvgIpc) is 2.31. The fraction of sp³-hybridized carbons (Fsp3) is 0.400. The minimum atomic E-state index is 0.937. The number of hydrogen-bond donors (Lipinski definition) is 0. The molecule has 0 spiro atoms. The van der Waals surface area contributed by atoms with Gasteiger partial charge in [-0.1, -0.05) is 40.0 Å². The molecule has 1 nitrogen and oxygen atoms in total. The third-order valence-electron chi connectivity index (χ3n) is 2.61. The first-order chi connectivity index (χ1) is 7.65. The molecule has 0 atom stereocenters. The van der Waals surface area contributed by atoms with Gasteiger partial charge in [-0.3, -0.25) is 4.98 Å². The minimum Gasteiger partial charge on any atom is -0.253 e. The maximum Gasteiger partial charge on any atom is 0.0701 e. The van der Waals surface area contributed by atoms with Gasteiger partial charge in [-0.15, -0.1) is 0 Å². The molecule has 0 radical (unpaired) electrons. The maximum atomic E-state index is 4.50. The van der Waals surface area contributed by atoms with E-state index < -0.39 is 0 Å². The van der Waals surface area contributed by atoms with E-state index in [-0.39, 0.29) is 0 Å². The molecule has 0 aliphatic heterocycles. The molecule has 0 aromatic carbocycles. The third kappa shape index (κ3) is 2.82. The molecule has 0 fully saturated rings. The van der Waals surface area contributed by atoms with E-state index in [0.717, 1.165) is 23.4 Å². The van der Waals surface area contributed by atoms with E-state index in [0.29, 0.717) is 0 Å². The van der Waals surface area contributed by atoms with Crippen LogP contribution in [0.1, 0.15) is 48.8 Å². The fourth-order valence-corrected chi connectivity index (χ4v) is 1.87. The Morgan fingerprint density at radius 1 is 1.12 bits per heavy atom. The molecule has 1 rings (SSSR count). The van der Waals surface area contributed by atoms with Crippen LogP contribution in [-0.4, -0.2) is 4.98 Å². The molecule has 1 heterocycles. The summed E-state index contributed by atoms with van der Waals surface area (Å²) in [4.78, 5) is 4.50. The van der Waals surface area contributed by atoms with Crippen LogP contribution in [-0.2, 0) is 6.42 Å². The van der Waals surface area contributed by atoms with Crippen LogP contribution in [0.15, 0.2) is 13.2 Å². The molecule has 0 aliphatic rings. The lowest BCUT2D eigenvalue weighted by Gasteiger charge is -2.12. The lowest BCUT2D eigenvalue weighted by Crippen LogP contribution is -2.01. The largest absolute Gasteiger partial charge is 0.253 e. The maximum absolute atomic E-state index is 4.50. The van der Waals surface area contributed by atoms with Gasteiger partial charge in [-0.05, 0) is 37.5 Å². The normalized spacial score (nSPS) is 9.06. The van der Waals surface area contributed by atoms with Crippen molar-refractivity contribution < 1.29 is 0 Å². The molecule has 0 saturated carbocycles. The van der Waals surface area contributed by atoms with Crippen molar-refractivity contribution in [2.75, 3.05) is 0 Å². The van der Waals surface area contributed by atoms with Gasteiger partial charge in [0.2, 0.25) is 0 Å². The standard InChI is InChI=1S/C13H17N.C2H6/c1-6-11-9(4)12(7-2)13(8-3)14-10(11)5;1-2/h7-8H,2-3,6H2,1,4-5H3;1-2H3. The van der Waals surface area contributed by atoms with Gasteiger partial charge in [0.15, 0.2) is 0 Å². The van der Waals surface area contributed by atoms with Crippen LogP contribution in [0.4, 0.5) is 0 Å². The molecular formula is C15H23N. The predicted molar refractivity (Wildman–Crippen MR) is 74.6 cm³/mol. The van der Waals surface area contributed by atoms with Gasteiger partial charge in [-0.25, -0.2) is 0 Å². The van der Waals surface area contributed by atoms with Gasteiger partial charge >= 0.3 is 0 Å². The number of pyridine rings is 1. The number of nitrogens with zero attached hydrogens (tertiary/aromatic N) is 1. The number of rotatable bonds is 3. The third-order valence-corrected chi connectivity index (χ3v) is 2.61. The van der Waals surface area contributed by atoms with Crippen LogP contribution in [0, 0.1) is 13.8 Å². The summed E-state index contributed by atoms with van der Waals surface area (Å²) in [6, 6.07) is 0. The van der Waals surface area contributed by atoms with Gasteiger partial charge in [0.05, 0.1) is 5.69 Å². The summed E-state index contributed by atoms with van der Waals surface area (Å²) in [6.07, 6.45) is 4.66. The highest BCUT2D eigenvalue weighted by Crippen LogP contribution is 2.21. The van der Waals surface area contributed by atoms with E-state index in [4.69, 9.17) is 0 Å². The Bertz CT molecular complexity index is 376. The monoisotopic (exact) mass is 217 g/mol. The zero-order valence-electron chi connectivity index (χ0n) is 11.2. The van der Waals surface area contributed by atoms with Gasteiger partial charge in [0.1, 0.15) is 0 Å². The smallest absolute Gasteiger partial charge is 0.0701 e. The van der Waals surface area contributed by atoms with Crippen molar-refractivity contribution in [1.29, 1.82) is 0 Å². The summed E-state index contributed by atoms with van der Waals surface area (Å²) in [7, 11) is 0. The zero-order valence-corrected chi connectivity index (χ0v) is 11.2. The van der Waals surface area contributed by atoms with Crippen molar-refractivity contribution >= 4 is 12.2 Å². The molecule has 1 heteroatoms. The highest BCUT2D eigenvalue weighted by Gasteiger charge is 2.08. The lowest BCUT2D eigenvalue weighted by atomic mass is 9.98. The van der Waals surface area contributed by atoms with Gasteiger partial charge in [0, 0.05) is 11.3 Å². The molecule has 0 amide bonds. The van der Waals surface area contributed by atoms with E-state index in [1.54, 1.807) is 6.08 Å². The Hall–Kier alpha value is -1.37. The van der Waals surface area contributed by atoms with Crippen molar-refractivity contribution in [3.05, 3.63) is 41.2 Å². The average molecular weight is 217 g/mol. The molecule has 0 aliphatic carbocycles. The SMILES string of the molecule is C=Cc1nc(C)c(CC)c(C)c1C=C.CC. The summed E-state index contributed by atoms with van der Waals surface area (Å²) < 4.78 is 0. The van der Waals surface area contributed by atoms with Crippen LogP contribution in [0.5, 0.6) is 0 Å². The van der Waals surface area contributed by atoms with Crippen molar-refractivity contribution in [3.8, 4) is 0 Å². The molecule has 0 unspecified atom stereocenters. The predicted octanol–water partition coefficient (Wildman–Crippen LogP) is 4.57. The summed E-state index contributed by atoms with van der Waals surface area (Å²) in [5, 5.41) is 0. The van der Waals surface area contributed by atoms with Gasteiger partial charge in [-0.2, -0.15) is 0 Å². The highest BCUT2D eigenvalue weighted by atomic mass is 14.7. The first-order valence-electron chi connectivity index (χ1n) is 5.90. The van der Waals surface area contributed by atoms with Crippen LogP contribution in [0.3, 0.4) is 0 Å². The molecule has 88 valence electrons. The Labute approximate surface area is 99.9 Å². The van der Waals surface area contributed by atoms with Crippen LogP contribution < -0.4 is 0 Å². The van der Waals surface area contributed by atoms with E-state index in [2.05, 4.69) is 32.0 Å². The summed E-state index contributed by atoms with van der Waals surface area (Å²) in [5.41, 5.74) is 5.76. The summed E-state index contributed by atoms with van der Waals surface area (Å²) in [6.45, 7) is 17.9. The Morgan fingerprint density at radius 2 is 1.69 bits per heavy atom. The molecule has 1 aromatic heterocycles. The summed E-state index contributed by atoms with van der Waals surface area (Å²) in [5.74, 6) is 0. The first-order valence-corrected chi connectivity index (χ1v) is 5.90. The molecule has 0 saturated heterocycles. The number of aromatic nitrogens is 1. The van der Waals surface area contributed by atoms with Crippen molar-refractivity contribution in [2.45, 2.75) is 41.0 Å². The first kappa shape index (κ1) is 14.6. The molecule has 1 aromatic rings. The topological polar surface area (TPSA) is 12.9 Å². The van der Waals surface area contributed by atoms with Crippen LogP contribution in [0.25, 0.3) is 12.2 Å². The Kier molecular flexibility index (Phi) is 6.40. The Balaban J connectivity index is 0.00000106. The second-order valence-electron chi connectivity index (χ2n) is 3.36.